The lowest BCUT2D eigenvalue weighted by Crippen LogP contribution is -2.48. The maximum atomic E-state index is 13.4. The number of benzene rings is 2. The summed E-state index contributed by atoms with van der Waals surface area (Å²) in [5.41, 5.74) is 0.123. The van der Waals surface area contributed by atoms with Crippen LogP contribution in [0.25, 0.3) is 0 Å². The highest BCUT2D eigenvalue weighted by Gasteiger charge is 2.35. The Hall–Kier alpha value is -2.91. The van der Waals surface area contributed by atoms with Crippen molar-refractivity contribution in [3.05, 3.63) is 64.8 Å². The molecule has 1 aliphatic rings. The number of nitrogens with one attached hydrogen (secondary N) is 2. The number of halogens is 2. The number of rotatable bonds is 7. The number of hydrogen-bond acceptors (Lipinski definition) is 7. The molecule has 2 heterocycles. The number of ether oxygens (including phenoxy) is 1. The molecule has 35 heavy (non-hydrogen) atoms. The van der Waals surface area contributed by atoms with Crippen LogP contribution < -0.4 is 19.1 Å². The number of nitrogens with zero attached hydrogens (tertiary/aromatic N) is 1. The predicted molar refractivity (Wildman–Crippen MR) is 128 cm³/mol. The number of thiophene rings is 1. The molecule has 10 nitrogen and oxygen atoms in total. The van der Waals surface area contributed by atoms with Crippen molar-refractivity contribution >= 4 is 60.5 Å². The largest absolute Gasteiger partial charge is 0.485 e. The third-order valence-corrected chi connectivity index (χ3v) is 9.80. The number of fused-ring (bicyclic) bond motifs is 1. The standard InChI is InChI=1S/C20H17ClFN3O7S3/c21-18-7-8-19(33-18)34(28,29)23-10-14-11-25(35(30,31)15-4-1-12(22)2-5-15)16-9-13(24-20(26)27)3-6-17(16)32-14/h1-9,14,23-24H,10-11H2,(H,26,27). The zero-order valence-corrected chi connectivity index (χ0v) is 20.7. The van der Waals surface area contributed by atoms with Gasteiger partial charge in [-0.1, -0.05) is 11.6 Å². The highest BCUT2D eigenvalue weighted by atomic mass is 35.5. The molecule has 1 atom stereocenters. The van der Waals surface area contributed by atoms with Gasteiger partial charge in [0.2, 0.25) is 10.0 Å². The van der Waals surface area contributed by atoms with E-state index in [1.807, 2.05) is 0 Å². The van der Waals surface area contributed by atoms with E-state index in [-0.39, 0.29) is 43.7 Å². The summed E-state index contributed by atoms with van der Waals surface area (Å²) in [6, 6.07) is 11.0. The fourth-order valence-electron chi connectivity index (χ4n) is 3.30. The first kappa shape index (κ1) is 25.2. The molecule has 186 valence electrons. The lowest BCUT2D eigenvalue weighted by molar-refractivity contribution is 0.203. The second kappa shape index (κ2) is 9.62. The zero-order valence-electron chi connectivity index (χ0n) is 17.5. The maximum Gasteiger partial charge on any atom is 0.409 e. The van der Waals surface area contributed by atoms with E-state index in [9.17, 15) is 26.0 Å². The SMILES string of the molecule is O=C(O)Nc1ccc2c(c1)N(S(=O)(=O)c1ccc(F)cc1)CC(CNS(=O)(=O)c1ccc(Cl)s1)O2. The van der Waals surface area contributed by atoms with Crippen molar-refractivity contribution < 1.29 is 35.9 Å². The monoisotopic (exact) mass is 561 g/mol. The van der Waals surface area contributed by atoms with E-state index < -0.39 is 38.1 Å². The minimum atomic E-state index is -4.25. The van der Waals surface area contributed by atoms with E-state index in [0.29, 0.717) is 0 Å². The van der Waals surface area contributed by atoms with Crippen molar-refractivity contribution in [2.45, 2.75) is 15.2 Å². The van der Waals surface area contributed by atoms with Gasteiger partial charge in [-0.05, 0) is 54.6 Å². The third-order valence-electron chi connectivity index (χ3n) is 4.86. The molecule has 0 bridgehead atoms. The summed E-state index contributed by atoms with van der Waals surface area (Å²) in [5.74, 6) is -0.540. The molecular weight excluding hydrogens is 545 g/mol. The minimum absolute atomic E-state index is 0.0149. The fraction of sp³-hybridized carbons (Fsp3) is 0.150. The van der Waals surface area contributed by atoms with Crippen molar-refractivity contribution in [3.63, 3.8) is 0 Å². The molecule has 1 aliphatic heterocycles. The summed E-state index contributed by atoms with van der Waals surface area (Å²) >= 11 is 6.68. The fourth-order valence-corrected chi connectivity index (χ4v) is 7.39. The molecule has 3 N–H and O–H groups in total. The van der Waals surface area contributed by atoms with Gasteiger partial charge >= 0.3 is 6.09 Å². The molecule has 0 spiro atoms. The summed E-state index contributed by atoms with van der Waals surface area (Å²) in [7, 11) is -8.18. The van der Waals surface area contributed by atoms with Gasteiger partial charge in [0.05, 0.1) is 21.5 Å². The van der Waals surface area contributed by atoms with Gasteiger partial charge < -0.3 is 9.84 Å². The van der Waals surface area contributed by atoms with Gasteiger partial charge in [-0.15, -0.1) is 11.3 Å². The van der Waals surface area contributed by atoms with Crippen LogP contribution in [0, 0.1) is 5.82 Å². The molecule has 2 aromatic carbocycles. The second-order valence-electron chi connectivity index (χ2n) is 7.25. The van der Waals surface area contributed by atoms with Gasteiger partial charge in [-0.2, -0.15) is 0 Å². The molecule has 1 aromatic heterocycles. The Kier molecular flexibility index (Phi) is 6.92. The number of carboxylic acid groups (broad SMARTS) is 1. The third kappa shape index (κ3) is 5.51. The number of anilines is 2. The van der Waals surface area contributed by atoms with Crippen molar-refractivity contribution in [2.75, 3.05) is 22.7 Å². The van der Waals surface area contributed by atoms with E-state index in [1.54, 1.807) is 0 Å². The summed E-state index contributed by atoms with van der Waals surface area (Å²) in [4.78, 5) is 10.8. The Balaban J connectivity index is 1.67. The van der Waals surface area contributed by atoms with Crippen molar-refractivity contribution in [1.29, 1.82) is 0 Å². The van der Waals surface area contributed by atoms with E-state index >= 15 is 0 Å². The minimum Gasteiger partial charge on any atom is -0.485 e. The van der Waals surface area contributed by atoms with Crippen LogP contribution in [0.15, 0.2) is 63.7 Å². The summed E-state index contributed by atoms with van der Waals surface area (Å²) in [6.07, 6.45) is -2.29. The van der Waals surface area contributed by atoms with Crippen LogP contribution in [0.3, 0.4) is 0 Å². The molecule has 0 fully saturated rings. The molecule has 0 saturated heterocycles. The van der Waals surface area contributed by atoms with Crippen LogP contribution in [0.4, 0.5) is 20.6 Å². The zero-order chi connectivity index (χ0) is 25.4. The van der Waals surface area contributed by atoms with Crippen LogP contribution in [0.1, 0.15) is 0 Å². The van der Waals surface area contributed by atoms with E-state index in [1.165, 1.54) is 30.3 Å². The molecule has 3 aromatic rings. The van der Waals surface area contributed by atoms with E-state index in [2.05, 4.69) is 10.0 Å². The highest BCUT2D eigenvalue weighted by Crippen LogP contribution is 2.39. The van der Waals surface area contributed by atoms with Crippen molar-refractivity contribution in [3.8, 4) is 5.75 Å². The Morgan fingerprint density at radius 2 is 1.86 bits per heavy atom. The maximum absolute atomic E-state index is 13.4. The second-order valence-corrected chi connectivity index (χ2v) is 12.8. The van der Waals surface area contributed by atoms with Crippen molar-refractivity contribution in [2.24, 2.45) is 0 Å². The van der Waals surface area contributed by atoms with Gasteiger partial charge in [0, 0.05) is 12.2 Å². The van der Waals surface area contributed by atoms with Gasteiger partial charge in [-0.3, -0.25) is 9.62 Å². The van der Waals surface area contributed by atoms with Crippen LogP contribution in [0.5, 0.6) is 5.75 Å². The van der Waals surface area contributed by atoms with Gasteiger partial charge in [0.15, 0.2) is 0 Å². The Morgan fingerprint density at radius 1 is 1.14 bits per heavy atom. The predicted octanol–water partition coefficient (Wildman–Crippen LogP) is 3.57. The van der Waals surface area contributed by atoms with E-state index in [0.717, 1.165) is 39.9 Å². The summed E-state index contributed by atoms with van der Waals surface area (Å²) in [6.45, 7) is -0.585. The van der Waals surface area contributed by atoms with Crippen LogP contribution >= 0.6 is 22.9 Å². The smallest absolute Gasteiger partial charge is 0.409 e. The molecule has 0 aliphatic carbocycles. The van der Waals surface area contributed by atoms with Crippen LogP contribution in [-0.2, 0) is 20.0 Å². The topological polar surface area (TPSA) is 142 Å². The molecule has 4 rings (SSSR count). The lowest BCUT2D eigenvalue weighted by atomic mass is 10.2. The van der Waals surface area contributed by atoms with Crippen LogP contribution in [-0.4, -0.2) is 47.2 Å². The van der Waals surface area contributed by atoms with Gasteiger partial charge in [0.1, 0.15) is 21.9 Å². The number of hydrogen-bond donors (Lipinski definition) is 3. The molecule has 0 saturated carbocycles. The van der Waals surface area contributed by atoms with Gasteiger partial charge in [0.25, 0.3) is 10.0 Å². The normalized spacial score (nSPS) is 15.8. The lowest BCUT2D eigenvalue weighted by Gasteiger charge is -2.35. The first-order chi connectivity index (χ1) is 16.5. The average molecular weight is 562 g/mol. The summed E-state index contributed by atoms with van der Waals surface area (Å²) < 4.78 is 74.8. The molecule has 15 heteroatoms. The van der Waals surface area contributed by atoms with Crippen molar-refractivity contribution in [1.82, 2.24) is 4.72 Å². The molecule has 1 unspecified atom stereocenters. The molecule has 1 amide bonds. The average Bonchev–Trinajstić information content (AvgIpc) is 3.24. The van der Waals surface area contributed by atoms with E-state index in [4.69, 9.17) is 21.4 Å². The summed E-state index contributed by atoms with van der Waals surface area (Å²) in [5, 5.41) is 11.1. The first-order valence-electron chi connectivity index (χ1n) is 9.80. The number of carbonyl (C=O) groups is 1. The molecule has 0 radical (unpaired) electrons. The Morgan fingerprint density at radius 3 is 2.49 bits per heavy atom. The Labute approximate surface area is 209 Å². The quantitative estimate of drug-likeness (QED) is 0.400. The number of sulfonamides is 2. The molecular formula is C20H17ClFN3O7S3. The van der Waals surface area contributed by atoms with Crippen LogP contribution in [0.2, 0.25) is 4.34 Å². The van der Waals surface area contributed by atoms with Gasteiger partial charge in [-0.25, -0.2) is 30.7 Å². The first-order valence-corrected chi connectivity index (χ1v) is 13.9. The highest BCUT2D eigenvalue weighted by molar-refractivity contribution is 7.93. The Bertz CT molecular complexity index is 1480. The number of amides is 1.